The number of ether oxygens (including phenoxy) is 1. The molecule has 4 rings (SSSR count). The first-order valence-electron chi connectivity index (χ1n) is 10.5. The van der Waals surface area contributed by atoms with Crippen molar-refractivity contribution < 1.29 is 9.53 Å². The van der Waals surface area contributed by atoms with E-state index in [0.29, 0.717) is 29.4 Å². The third-order valence-electron chi connectivity index (χ3n) is 5.49. The molecule has 1 atom stereocenters. The minimum atomic E-state index is -0.382. The number of fused-ring (bicyclic) bond motifs is 1. The second-order valence-corrected chi connectivity index (χ2v) is 9.09. The lowest BCUT2D eigenvalue weighted by Crippen LogP contribution is -2.39. The maximum atomic E-state index is 13.3. The van der Waals surface area contributed by atoms with Gasteiger partial charge in [0.2, 0.25) is 5.43 Å². The van der Waals surface area contributed by atoms with Gasteiger partial charge >= 0.3 is 0 Å². The number of aromatic nitrogens is 1. The summed E-state index contributed by atoms with van der Waals surface area (Å²) < 4.78 is 7.77. The van der Waals surface area contributed by atoms with E-state index in [0.717, 1.165) is 36.2 Å². The number of carbonyl (C=O) groups excluding carboxylic acids is 1. The molecule has 0 bridgehead atoms. The van der Waals surface area contributed by atoms with Crippen LogP contribution in [0, 0.1) is 0 Å². The molecule has 6 nitrogen and oxygen atoms in total. The summed E-state index contributed by atoms with van der Waals surface area (Å²) in [4.78, 5) is 26.2. The predicted octanol–water partition coefficient (Wildman–Crippen LogP) is 3.44. The van der Waals surface area contributed by atoms with Gasteiger partial charge in [-0.05, 0) is 48.1 Å². The Morgan fingerprint density at radius 1 is 1.25 bits per heavy atom. The summed E-state index contributed by atoms with van der Waals surface area (Å²) in [7, 11) is 0. The number of thioether (sulfide) groups is 1. The third kappa shape index (κ3) is 5.35. The Morgan fingerprint density at radius 2 is 2.03 bits per heavy atom. The summed E-state index contributed by atoms with van der Waals surface area (Å²) in [6.07, 6.45) is 4.45. The van der Waals surface area contributed by atoms with E-state index in [1.165, 1.54) is 0 Å². The van der Waals surface area contributed by atoms with Crippen molar-refractivity contribution in [3.8, 4) is 0 Å². The van der Waals surface area contributed by atoms with Crippen molar-refractivity contribution in [1.29, 1.82) is 0 Å². The normalized spacial score (nSPS) is 16.2. The highest BCUT2D eigenvalue weighted by Crippen LogP contribution is 2.19. The molecule has 1 amide bonds. The molecule has 32 heavy (non-hydrogen) atoms. The molecule has 1 fully saturated rings. The van der Waals surface area contributed by atoms with Gasteiger partial charge in [0.25, 0.3) is 5.91 Å². The molecule has 0 spiro atoms. The molecule has 168 valence electrons. The number of nitrogens with one attached hydrogen (secondary N) is 2. The monoisotopic (exact) mass is 471 g/mol. The van der Waals surface area contributed by atoms with E-state index in [9.17, 15) is 9.59 Å². The van der Waals surface area contributed by atoms with Crippen molar-refractivity contribution in [3.63, 3.8) is 0 Å². The van der Waals surface area contributed by atoms with Crippen LogP contribution in [-0.2, 0) is 23.6 Å². The van der Waals surface area contributed by atoms with Crippen molar-refractivity contribution in [2.75, 3.05) is 26.0 Å². The van der Waals surface area contributed by atoms with Gasteiger partial charge in [-0.1, -0.05) is 29.8 Å². The SMILES string of the molecule is CSCn1cc(C(=O)NCc2ccc(Cl)cc2)c(=O)c2cc(CC3CNCCO3)ccc21. The summed E-state index contributed by atoms with van der Waals surface area (Å²) in [5.74, 6) is 0.260. The summed E-state index contributed by atoms with van der Waals surface area (Å²) in [6.45, 7) is 2.67. The zero-order chi connectivity index (χ0) is 22.5. The smallest absolute Gasteiger partial charge is 0.257 e. The van der Waals surface area contributed by atoms with E-state index in [1.807, 2.05) is 41.2 Å². The lowest BCUT2D eigenvalue weighted by Gasteiger charge is -2.23. The van der Waals surface area contributed by atoms with E-state index in [4.69, 9.17) is 16.3 Å². The Kier molecular flexibility index (Phi) is 7.52. The molecule has 1 unspecified atom stereocenters. The summed E-state index contributed by atoms with van der Waals surface area (Å²) in [5.41, 5.74) is 2.66. The summed E-state index contributed by atoms with van der Waals surface area (Å²) in [6, 6.07) is 13.2. The fraction of sp³-hybridized carbons (Fsp3) is 0.333. The van der Waals surface area contributed by atoms with Gasteiger partial charge in [0.1, 0.15) is 5.56 Å². The van der Waals surface area contributed by atoms with Gasteiger partial charge in [-0.3, -0.25) is 9.59 Å². The summed E-state index contributed by atoms with van der Waals surface area (Å²) >= 11 is 7.55. The molecule has 1 aliphatic rings. The lowest BCUT2D eigenvalue weighted by molar-refractivity contribution is 0.0292. The summed E-state index contributed by atoms with van der Waals surface area (Å²) in [5, 5.41) is 7.38. The topological polar surface area (TPSA) is 72.4 Å². The number of benzene rings is 2. The Hall–Kier alpha value is -2.32. The third-order valence-corrected chi connectivity index (χ3v) is 6.28. The van der Waals surface area contributed by atoms with E-state index in [1.54, 1.807) is 30.1 Å². The fourth-order valence-electron chi connectivity index (χ4n) is 3.87. The van der Waals surface area contributed by atoms with Crippen LogP contribution in [0.3, 0.4) is 0 Å². The number of amides is 1. The average molecular weight is 472 g/mol. The number of hydrogen-bond donors (Lipinski definition) is 2. The molecule has 2 aromatic carbocycles. The van der Waals surface area contributed by atoms with Crippen LogP contribution in [0.25, 0.3) is 10.9 Å². The highest BCUT2D eigenvalue weighted by atomic mass is 35.5. The first kappa shape index (κ1) is 22.9. The van der Waals surface area contributed by atoms with Gasteiger partial charge in [0, 0.05) is 36.2 Å². The van der Waals surface area contributed by atoms with Crippen LogP contribution in [0.2, 0.25) is 5.02 Å². The van der Waals surface area contributed by atoms with Gasteiger partial charge < -0.3 is 19.9 Å². The molecule has 0 aliphatic carbocycles. The average Bonchev–Trinajstić information content (AvgIpc) is 2.81. The molecule has 2 heterocycles. The maximum absolute atomic E-state index is 13.3. The Balaban J connectivity index is 1.63. The molecule has 0 radical (unpaired) electrons. The van der Waals surface area contributed by atoms with E-state index >= 15 is 0 Å². The number of morpholine rings is 1. The van der Waals surface area contributed by atoms with Crippen LogP contribution >= 0.6 is 23.4 Å². The van der Waals surface area contributed by atoms with Crippen molar-refractivity contribution in [1.82, 2.24) is 15.2 Å². The van der Waals surface area contributed by atoms with E-state index in [-0.39, 0.29) is 23.0 Å². The molecule has 1 aromatic heterocycles. The zero-order valence-corrected chi connectivity index (χ0v) is 19.5. The van der Waals surface area contributed by atoms with Gasteiger partial charge in [-0.15, -0.1) is 11.8 Å². The second-order valence-electron chi connectivity index (χ2n) is 7.82. The van der Waals surface area contributed by atoms with Crippen LogP contribution < -0.4 is 16.1 Å². The first-order chi connectivity index (χ1) is 15.5. The molecule has 1 aliphatic heterocycles. The number of nitrogens with zero attached hydrogens (tertiary/aromatic N) is 1. The highest BCUT2D eigenvalue weighted by Gasteiger charge is 2.18. The fourth-order valence-corrected chi connectivity index (χ4v) is 4.49. The standard InChI is InChI=1S/C24H26ClN3O3S/c1-32-15-28-14-21(24(30)27-12-16-2-5-18(25)6-3-16)23(29)20-11-17(4-7-22(20)28)10-19-13-26-8-9-31-19/h2-7,11,14,19,26H,8-10,12-13,15H2,1H3,(H,27,30). The van der Waals surface area contributed by atoms with Gasteiger partial charge in [-0.25, -0.2) is 0 Å². The Morgan fingerprint density at radius 3 is 2.75 bits per heavy atom. The Bertz CT molecular complexity index is 1160. The molecule has 8 heteroatoms. The molecular formula is C24H26ClN3O3S. The largest absolute Gasteiger partial charge is 0.375 e. The number of pyridine rings is 1. The minimum absolute atomic E-state index is 0.0838. The number of rotatable bonds is 7. The molecule has 0 saturated carbocycles. The number of carbonyl (C=O) groups is 1. The molecule has 2 N–H and O–H groups in total. The quantitative estimate of drug-likeness (QED) is 0.552. The van der Waals surface area contributed by atoms with Gasteiger partial charge in [-0.2, -0.15) is 0 Å². The number of halogens is 1. The van der Waals surface area contributed by atoms with Crippen molar-refractivity contribution in [3.05, 3.63) is 80.6 Å². The van der Waals surface area contributed by atoms with Gasteiger partial charge in [0.15, 0.2) is 0 Å². The first-order valence-corrected chi connectivity index (χ1v) is 12.3. The van der Waals surface area contributed by atoms with Gasteiger partial charge in [0.05, 0.1) is 24.1 Å². The van der Waals surface area contributed by atoms with Crippen molar-refractivity contribution in [2.24, 2.45) is 0 Å². The highest BCUT2D eigenvalue weighted by molar-refractivity contribution is 7.97. The molecular weight excluding hydrogens is 446 g/mol. The maximum Gasteiger partial charge on any atom is 0.257 e. The second kappa shape index (κ2) is 10.5. The van der Waals surface area contributed by atoms with Crippen LogP contribution in [0.4, 0.5) is 0 Å². The molecule has 3 aromatic rings. The minimum Gasteiger partial charge on any atom is -0.375 e. The van der Waals surface area contributed by atoms with Crippen molar-refractivity contribution >= 4 is 40.2 Å². The Labute approximate surface area is 196 Å². The van der Waals surface area contributed by atoms with Crippen molar-refractivity contribution in [2.45, 2.75) is 24.9 Å². The van der Waals surface area contributed by atoms with Crippen LogP contribution in [-0.4, -0.2) is 42.5 Å². The van der Waals surface area contributed by atoms with Crippen LogP contribution in [0.5, 0.6) is 0 Å². The number of hydrogen-bond acceptors (Lipinski definition) is 5. The van der Waals surface area contributed by atoms with E-state index < -0.39 is 0 Å². The van der Waals surface area contributed by atoms with Crippen LogP contribution in [0.15, 0.2) is 53.5 Å². The molecule has 1 saturated heterocycles. The van der Waals surface area contributed by atoms with Crippen LogP contribution in [0.1, 0.15) is 21.5 Å². The predicted molar refractivity (Wildman–Crippen MR) is 131 cm³/mol. The zero-order valence-electron chi connectivity index (χ0n) is 17.9. The van der Waals surface area contributed by atoms with E-state index in [2.05, 4.69) is 10.6 Å². The lowest BCUT2D eigenvalue weighted by atomic mass is 10.0.